The molecule has 0 saturated heterocycles. The fraction of sp³-hybridized carbons (Fsp3) is 0.222. The number of esters is 1. The largest absolute Gasteiger partial charge is 0.462 e. The summed E-state index contributed by atoms with van der Waals surface area (Å²) in [5.41, 5.74) is -0.382. The molecule has 0 aliphatic carbocycles. The number of hydrogen-bond acceptors (Lipinski definition) is 4. The van der Waals surface area contributed by atoms with Gasteiger partial charge in [-0.15, -0.1) is 0 Å². The van der Waals surface area contributed by atoms with E-state index in [0.717, 1.165) is 6.07 Å². The number of carbonyl (C=O) groups is 1. The van der Waals surface area contributed by atoms with Crippen LogP contribution in [-0.2, 0) is 13.8 Å². The quantitative estimate of drug-likeness (QED) is 0.636. The Morgan fingerprint density at radius 3 is 2.53 bits per heavy atom. The van der Waals surface area contributed by atoms with Gasteiger partial charge in [0.2, 0.25) is 0 Å². The van der Waals surface area contributed by atoms with E-state index in [9.17, 15) is 17.6 Å². The number of ether oxygens (including phenoxy) is 1. The molecule has 0 aromatic heterocycles. The first kappa shape index (κ1) is 14.2. The molecular weight excluding hydrogens is 294 g/mol. The minimum absolute atomic E-state index is 0.0502. The van der Waals surface area contributed by atoms with E-state index in [0.29, 0.717) is 6.07 Å². The maximum Gasteiger partial charge on any atom is 0.339 e. The molecule has 94 valence electrons. The molecule has 0 spiro atoms. The van der Waals surface area contributed by atoms with E-state index in [2.05, 4.69) is 4.74 Å². The number of benzene rings is 1. The van der Waals surface area contributed by atoms with Gasteiger partial charge in [-0.3, -0.25) is 0 Å². The van der Waals surface area contributed by atoms with Crippen molar-refractivity contribution in [3.63, 3.8) is 0 Å². The molecule has 1 aromatic rings. The Bertz CT molecular complexity index is 556. The van der Waals surface area contributed by atoms with Crippen LogP contribution in [0, 0.1) is 5.82 Å². The smallest absolute Gasteiger partial charge is 0.339 e. The van der Waals surface area contributed by atoms with Crippen molar-refractivity contribution in [2.45, 2.75) is 11.8 Å². The number of rotatable bonds is 3. The monoisotopic (exact) mass is 300 g/mol. The molecule has 0 fully saturated rings. The average molecular weight is 301 g/mol. The van der Waals surface area contributed by atoms with Gasteiger partial charge in [0.1, 0.15) is 5.82 Å². The second-order valence-corrected chi connectivity index (χ2v) is 5.87. The molecule has 0 aliphatic rings. The first-order valence-corrected chi connectivity index (χ1v) is 7.07. The number of carbonyl (C=O) groups excluding carboxylic acids is 1. The molecule has 0 amide bonds. The maximum atomic E-state index is 13.3. The lowest BCUT2D eigenvalue weighted by molar-refractivity contribution is 0.0525. The highest BCUT2D eigenvalue weighted by Crippen LogP contribution is 2.26. The SMILES string of the molecule is CCOC(=O)c1cc(S(=O)(=O)Cl)cc(F)c1Cl. The van der Waals surface area contributed by atoms with Crippen molar-refractivity contribution in [3.8, 4) is 0 Å². The van der Waals surface area contributed by atoms with Crippen LogP contribution in [0.3, 0.4) is 0 Å². The van der Waals surface area contributed by atoms with E-state index in [-0.39, 0.29) is 12.2 Å². The van der Waals surface area contributed by atoms with Crippen LogP contribution in [0.4, 0.5) is 4.39 Å². The Labute approximate surface area is 107 Å². The molecule has 0 bridgehead atoms. The lowest BCUT2D eigenvalue weighted by Gasteiger charge is -2.06. The van der Waals surface area contributed by atoms with Gasteiger partial charge in [-0.2, -0.15) is 0 Å². The van der Waals surface area contributed by atoms with Gasteiger partial charge in [-0.1, -0.05) is 11.6 Å². The van der Waals surface area contributed by atoms with Gasteiger partial charge < -0.3 is 4.74 Å². The summed E-state index contributed by atoms with van der Waals surface area (Å²) in [5, 5.41) is -0.507. The van der Waals surface area contributed by atoms with Crippen LogP contribution in [0.2, 0.25) is 5.02 Å². The van der Waals surface area contributed by atoms with Gasteiger partial charge in [-0.25, -0.2) is 17.6 Å². The van der Waals surface area contributed by atoms with Crippen LogP contribution in [0.15, 0.2) is 17.0 Å². The van der Waals surface area contributed by atoms with Crippen LogP contribution in [0.5, 0.6) is 0 Å². The fourth-order valence-corrected chi connectivity index (χ4v) is 2.02. The van der Waals surface area contributed by atoms with Gasteiger partial charge >= 0.3 is 5.97 Å². The summed E-state index contributed by atoms with van der Waals surface area (Å²) in [6.07, 6.45) is 0. The van der Waals surface area contributed by atoms with Gasteiger partial charge in [0.15, 0.2) is 0 Å². The molecule has 4 nitrogen and oxygen atoms in total. The summed E-state index contributed by atoms with van der Waals surface area (Å²) in [5.74, 6) is -1.98. The summed E-state index contributed by atoms with van der Waals surface area (Å²) < 4.78 is 40.0. The van der Waals surface area contributed by atoms with Crippen molar-refractivity contribution in [1.82, 2.24) is 0 Å². The molecule has 0 aliphatic heterocycles. The molecule has 8 heteroatoms. The zero-order valence-corrected chi connectivity index (χ0v) is 10.9. The predicted octanol–water partition coefficient (Wildman–Crippen LogP) is 2.58. The van der Waals surface area contributed by atoms with Gasteiger partial charge in [0.05, 0.1) is 22.1 Å². The average Bonchev–Trinajstić information content (AvgIpc) is 2.20. The second-order valence-electron chi connectivity index (χ2n) is 2.92. The van der Waals surface area contributed by atoms with Crippen LogP contribution >= 0.6 is 22.3 Å². The molecule has 1 rings (SSSR count). The van der Waals surface area contributed by atoms with E-state index in [1.165, 1.54) is 0 Å². The van der Waals surface area contributed by atoms with Gasteiger partial charge in [-0.05, 0) is 19.1 Å². The van der Waals surface area contributed by atoms with Crippen LogP contribution in [-0.4, -0.2) is 21.0 Å². The van der Waals surface area contributed by atoms with Crippen molar-refractivity contribution < 1.29 is 22.3 Å². The third kappa shape index (κ3) is 3.31. The third-order valence-corrected chi connectivity index (χ3v) is 3.50. The maximum absolute atomic E-state index is 13.3. The summed E-state index contributed by atoms with van der Waals surface area (Å²) in [7, 11) is 0.900. The normalized spacial score (nSPS) is 11.3. The standard InChI is InChI=1S/C9H7Cl2FO4S/c1-2-16-9(13)6-3-5(17(11,14)15)4-7(12)8(6)10/h3-4H,2H2,1H3. The molecule has 0 radical (unpaired) electrons. The second kappa shape index (κ2) is 5.20. The van der Waals surface area contributed by atoms with Crippen LogP contribution in [0.25, 0.3) is 0 Å². The van der Waals surface area contributed by atoms with Crippen molar-refractivity contribution in [1.29, 1.82) is 0 Å². The lowest BCUT2D eigenvalue weighted by Crippen LogP contribution is -2.08. The first-order chi connectivity index (χ1) is 7.77. The third-order valence-electron chi connectivity index (χ3n) is 1.78. The van der Waals surface area contributed by atoms with Crippen molar-refractivity contribution in [3.05, 3.63) is 28.5 Å². The summed E-state index contributed by atoms with van der Waals surface area (Å²) >= 11 is 5.53. The molecule has 1 aromatic carbocycles. The van der Waals surface area contributed by atoms with Crippen molar-refractivity contribution in [2.24, 2.45) is 0 Å². The van der Waals surface area contributed by atoms with Crippen LogP contribution < -0.4 is 0 Å². The van der Waals surface area contributed by atoms with E-state index in [1.807, 2.05) is 0 Å². The number of halogens is 3. The van der Waals surface area contributed by atoms with Gasteiger partial charge in [0, 0.05) is 10.7 Å². The highest BCUT2D eigenvalue weighted by atomic mass is 35.7. The topological polar surface area (TPSA) is 60.4 Å². The van der Waals surface area contributed by atoms with Crippen molar-refractivity contribution in [2.75, 3.05) is 6.61 Å². The fourth-order valence-electron chi connectivity index (χ4n) is 1.06. The summed E-state index contributed by atoms with van der Waals surface area (Å²) in [6.45, 7) is 1.60. The highest BCUT2D eigenvalue weighted by molar-refractivity contribution is 8.13. The highest BCUT2D eigenvalue weighted by Gasteiger charge is 2.21. The van der Waals surface area contributed by atoms with E-state index >= 15 is 0 Å². The first-order valence-electron chi connectivity index (χ1n) is 4.38. The predicted molar refractivity (Wildman–Crippen MR) is 60.4 cm³/mol. The minimum atomic E-state index is -4.15. The Morgan fingerprint density at radius 1 is 1.47 bits per heavy atom. The Hall–Kier alpha value is -0.850. The van der Waals surface area contributed by atoms with Crippen LogP contribution in [0.1, 0.15) is 17.3 Å². The summed E-state index contributed by atoms with van der Waals surface area (Å²) in [4.78, 5) is 10.8. The Kier molecular flexibility index (Phi) is 4.35. The number of hydrogen-bond donors (Lipinski definition) is 0. The van der Waals surface area contributed by atoms with E-state index < -0.39 is 30.8 Å². The van der Waals surface area contributed by atoms with Gasteiger partial charge in [0.25, 0.3) is 9.05 Å². The Morgan fingerprint density at radius 2 is 2.06 bits per heavy atom. The molecule has 0 atom stereocenters. The Balaban J connectivity index is 3.40. The lowest BCUT2D eigenvalue weighted by atomic mass is 10.2. The molecule has 0 unspecified atom stereocenters. The summed E-state index contributed by atoms with van der Waals surface area (Å²) in [6, 6.07) is 1.50. The zero-order valence-electron chi connectivity index (χ0n) is 8.54. The molecule has 0 N–H and O–H groups in total. The van der Waals surface area contributed by atoms with E-state index in [4.69, 9.17) is 22.3 Å². The molecule has 0 heterocycles. The zero-order chi connectivity index (χ0) is 13.2. The van der Waals surface area contributed by atoms with Crippen molar-refractivity contribution >= 4 is 37.3 Å². The minimum Gasteiger partial charge on any atom is -0.462 e. The van der Waals surface area contributed by atoms with E-state index in [1.54, 1.807) is 6.92 Å². The molecule has 17 heavy (non-hydrogen) atoms. The molecule has 0 saturated carbocycles. The molecular formula is C9H7Cl2FO4S.